The van der Waals surface area contributed by atoms with Crippen molar-refractivity contribution in [1.29, 1.82) is 0 Å². The summed E-state index contributed by atoms with van der Waals surface area (Å²) in [5, 5.41) is 13.0. The van der Waals surface area contributed by atoms with Crippen LogP contribution in [0.15, 0.2) is 29.7 Å². The fourth-order valence-electron chi connectivity index (χ4n) is 2.36. The summed E-state index contributed by atoms with van der Waals surface area (Å²) >= 11 is 6.03. The number of benzene rings is 1. The zero-order valence-electron chi connectivity index (χ0n) is 13.2. The van der Waals surface area contributed by atoms with Crippen molar-refractivity contribution in [3.63, 3.8) is 0 Å². The summed E-state index contributed by atoms with van der Waals surface area (Å²) in [6.07, 6.45) is -1.48. The molecule has 1 heterocycles. The number of esters is 1. The molecule has 130 valence electrons. The quantitative estimate of drug-likeness (QED) is 0.798. The van der Waals surface area contributed by atoms with Gasteiger partial charge in [0.1, 0.15) is 18.0 Å². The van der Waals surface area contributed by atoms with Crippen molar-refractivity contribution >= 4 is 29.0 Å². The number of aliphatic hydroxyl groups excluding tert-OH is 1. The number of Topliss-reactive ketones (excluding diaryl/α,β-unsaturated/α-hetero) is 1. The lowest BCUT2D eigenvalue weighted by molar-refractivity contribution is -0.139. The molecule has 0 saturated heterocycles. The van der Waals surface area contributed by atoms with Crippen molar-refractivity contribution in [2.75, 3.05) is 25.8 Å². The van der Waals surface area contributed by atoms with E-state index in [1.165, 1.54) is 37.2 Å². The maximum atomic E-state index is 13.3. The highest BCUT2D eigenvalue weighted by atomic mass is 35.5. The Kier molecular flexibility index (Phi) is 5.43. The van der Waals surface area contributed by atoms with Gasteiger partial charge >= 0.3 is 5.97 Å². The van der Waals surface area contributed by atoms with Gasteiger partial charge < -0.3 is 14.6 Å². The zero-order valence-corrected chi connectivity index (χ0v) is 14.0. The minimum atomic E-state index is -1.48. The predicted molar refractivity (Wildman–Crippen MR) is 83.3 cm³/mol. The molecule has 1 aliphatic rings. The summed E-state index contributed by atoms with van der Waals surface area (Å²) in [7, 11) is 2.79. The number of ether oxygens (including phenoxy) is 2. The van der Waals surface area contributed by atoms with Crippen LogP contribution < -0.4 is 5.01 Å². The highest BCUT2D eigenvalue weighted by Gasteiger charge is 2.42. The average Bonchev–Trinajstić information content (AvgIpc) is 2.71. The van der Waals surface area contributed by atoms with Gasteiger partial charge in [0, 0.05) is 21.1 Å². The fraction of sp³-hybridized carbons (Fsp3) is 0.333. The molecule has 1 aromatic rings. The summed E-state index contributed by atoms with van der Waals surface area (Å²) < 4.78 is 23.1. The molecule has 7 nitrogen and oxygen atoms in total. The molecular weight excluding hydrogens is 343 g/mol. The van der Waals surface area contributed by atoms with Crippen molar-refractivity contribution in [2.24, 2.45) is 0 Å². The van der Waals surface area contributed by atoms with Gasteiger partial charge in [-0.05, 0) is 18.2 Å². The zero-order chi connectivity index (χ0) is 18.0. The number of carbonyl (C=O) groups excluding carboxylic acids is 2. The van der Waals surface area contributed by atoms with Gasteiger partial charge in [-0.25, -0.2) is 9.40 Å². The van der Waals surface area contributed by atoms with E-state index < -0.39 is 23.8 Å². The molecule has 0 aromatic heterocycles. The molecule has 0 aliphatic carbocycles. The Balaban J connectivity index is 2.48. The van der Waals surface area contributed by atoms with Crippen molar-refractivity contribution in [3.8, 4) is 0 Å². The van der Waals surface area contributed by atoms with E-state index in [1.807, 2.05) is 0 Å². The van der Waals surface area contributed by atoms with Crippen LogP contribution in [0.1, 0.15) is 6.92 Å². The van der Waals surface area contributed by atoms with Gasteiger partial charge in [0.25, 0.3) is 0 Å². The Morgan fingerprint density at radius 1 is 1.42 bits per heavy atom. The minimum absolute atomic E-state index is 0.0171. The van der Waals surface area contributed by atoms with Crippen molar-refractivity contribution in [1.82, 2.24) is 5.01 Å². The Morgan fingerprint density at radius 3 is 2.62 bits per heavy atom. The number of halogens is 2. The molecule has 24 heavy (non-hydrogen) atoms. The van der Waals surface area contributed by atoms with Crippen LogP contribution in [0.5, 0.6) is 0 Å². The third-order valence-corrected chi connectivity index (χ3v) is 3.61. The molecule has 1 aromatic carbocycles. The van der Waals surface area contributed by atoms with E-state index in [9.17, 15) is 19.1 Å². The van der Waals surface area contributed by atoms with Crippen LogP contribution in [-0.4, -0.2) is 48.9 Å². The van der Waals surface area contributed by atoms with Gasteiger partial charge in [-0.1, -0.05) is 11.6 Å². The second-order valence-corrected chi connectivity index (χ2v) is 5.41. The molecule has 2 rings (SSSR count). The lowest BCUT2D eigenvalue weighted by atomic mass is 10.1. The van der Waals surface area contributed by atoms with Crippen molar-refractivity contribution in [2.45, 2.75) is 13.2 Å². The maximum Gasteiger partial charge on any atom is 0.309 e. The second-order valence-electron chi connectivity index (χ2n) is 5.01. The summed E-state index contributed by atoms with van der Waals surface area (Å²) in [4.78, 5) is 23.6. The molecule has 1 N–H and O–H groups in total. The highest BCUT2D eigenvalue weighted by molar-refractivity contribution is 6.33. The van der Waals surface area contributed by atoms with Crippen LogP contribution in [0.2, 0.25) is 5.02 Å². The molecule has 1 unspecified atom stereocenters. The van der Waals surface area contributed by atoms with Gasteiger partial charge in [-0.15, -0.1) is 0 Å². The molecule has 0 bridgehead atoms. The van der Waals surface area contributed by atoms with E-state index in [1.54, 1.807) is 0 Å². The van der Waals surface area contributed by atoms with Crippen LogP contribution in [0.3, 0.4) is 0 Å². The number of hydrogen-bond acceptors (Lipinski definition) is 7. The Morgan fingerprint density at radius 2 is 2.08 bits per heavy atom. The summed E-state index contributed by atoms with van der Waals surface area (Å²) in [6.45, 7) is 0.856. The van der Waals surface area contributed by atoms with Crippen LogP contribution in [0, 0.1) is 5.82 Å². The van der Waals surface area contributed by atoms with Crippen molar-refractivity contribution < 1.29 is 28.6 Å². The van der Waals surface area contributed by atoms with Gasteiger partial charge in [0.05, 0.1) is 10.7 Å². The number of hydrazine groups is 1. The van der Waals surface area contributed by atoms with Gasteiger partial charge in [-0.3, -0.25) is 14.6 Å². The molecule has 1 atom stereocenters. The summed E-state index contributed by atoms with van der Waals surface area (Å²) in [6, 6.07) is 3.56. The second kappa shape index (κ2) is 7.16. The van der Waals surface area contributed by atoms with Crippen LogP contribution >= 0.6 is 11.6 Å². The number of nitrogens with zero attached hydrogens (tertiary/aromatic N) is 2. The molecule has 9 heteroatoms. The first-order valence-corrected chi connectivity index (χ1v) is 7.26. The van der Waals surface area contributed by atoms with Gasteiger partial charge in [-0.2, -0.15) is 0 Å². The molecule has 0 amide bonds. The lowest BCUT2D eigenvalue weighted by Crippen LogP contribution is -2.42. The third kappa shape index (κ3) is 3.35. The Hall–Kier alpha value is -2.16. The number of ketones is 1. The van der Waals surface area contributed by atoms with Crippen LogP contribution in [-0.2, 0) is 19.1 Å². The molecule has 0 spiro atoms. The number of carbonyl (C=O) groups is 2. The van der Waals surface area contributed by atoms with E-state index in [2.05, 4.69) is 0 Å². The standard InChI is InChI=1S/C15H16ClFN2O5/c1-8(20)24-15-13(12(21)7-23-3)14(22)19(18(15)2)11-5-4-9(17)6-10(11)16/h4-6,14,22H,7H2,1-3H3. The van der Waals surface area contributed by atoms with E-state index in [-0.39, 0.29) is 28.8 Å². The minimum Gasteiger partial charge on any atom is -0.407 e. The molecular formula is C15H16ClFN2O5. The Labute approximate surface area is 142 Å². The first-order valence-electron chi connectivity index (χ1n) is 6.88. The smallest absolute Gasteiger partial charge is 0.309 e. The molecule has 0 saturated carbocycles. The topological polar surface area (TPSA) is 79.3 Å². The van der Waals surface area contributed by atoms with E-state index in [4.69, 9.17) is 21.1 Å². The summed E-state index contributed by atoms with van der Waals surface area (Å²) in [5.41, 5.74) is 0.0767. The molecule has 0 fully saturated rings. The van der Waals surface area contributed by atoms with Crippen molar-refractivity contribution in [3.05, 3.63) is 40.5 Å². The SMILES string of the molecule is COCC(=O)C1=C(OC(C)=O)N(C)N(c2ccc(F)cc2Cl)C1O. The summed E-state index contributed by atoms with van der Waals surface area (Å²) in [5.74, 6) is -1.92. The first kappa shape index (κ1) is 18.2. The van der Waals surface area contributed by atoms with Crippen LogP contribution in [0.25, 0.3) is 0 Å². The molecule has 0 radical (unpaired) electrons. The van der Waals surface area contributed by atoms with Gasteiger partial charge in [0.15, 0.2) is 12.0 Å². The number of aliphatic hydroxyl groups is 1. The fourth-order valence-corrected chi connectivity index (χ4v) is 2.61. The highest BCUT2D eigenvalue weighted by Crippen LogP contribution is 2.37. The van der Waals surface area contributed by atoms with E-state index in [0.29, 0.717) is 0 Å². The first-order chi connectivity index (χ1) is 11.3. The normalized spacial score (nSPS) is 17.5. The number of hydrogen-bond donors (Lipinski definition) is 1. The van der Waals surface area contributed by atoms with Crippen LogP contribution in [0.4, 0.5) is 10.1 Å². The lowest BCUT2D eigenvalue weighted by Gasteiger charge is -2.32. The van der Waals surface area contributed by atoms with Gasteiger partial charge in [0.2, 0.25) is 5.88 Å². The third-order valence-electron chi connectivity index (χ3n) is 3.31. The Bertz CT molecular complexity index is 709. The van der Waals surface area contributed by atoms with E-state index >= 15 is 0 Å². The predicted octanol–water partition coefficient (Wildman–Crippen LogP) is 1.45. The number of rotatable bonds is 5. The molecule has 1 aliphatic heterocycles. The number of methoxy groups -OCH3 is 1. The monoisotopic (exact) mass is 358 g/mol. The van der Waals surface area contributed by atoms with E-state index in [0.717, 1.165) is 12.1 Å². The average molecular weight is 359 g/mol. The number of anilines is 1. The maximum absolute atomic E-state index is 13.3. The largest absolute Gasteiger partial charge is 0.407 e.